The van der Waals surface area contributed by atoms with Crippen LogP contribution in [0.15, 0.2) is 53.8 Å². The summed E-state index contributed by atoms with van der Waals surface area (Å²) in [6.07, 6.45) is 3.34. The molecule has 0 aliphatic carbocycles. The summed E-state index contributed by atoms with van der Waals surface area (Å²) in [5.41, 5.74) is 1.58. The van der Waals surface area contributed by atoms with E-state index < -0.39 is 5.97 Å². The maximum atomic E-state index is 10.8. The maximum Gasteiger partial charge on any atom is 0.313 e. The summed E-state index contributed by atoms with van der Waals surface area (Å²) >= 11 is 1.18. The Bertz CT molecular complexity index is 811. The molecule has 0 saturated carbocycles. The van der Waals surface area contributed by atoms with Gasteiger partial charge in [0.05, 0.1) is 11.3 Å². The molecule has 0 amide bonds. The van der Waals surface area contributed by atoms with Crippen LogP contribution in [0.2, 0.25) is 0 Å². The van der Waals surface area contributed by atoms with Crippen molar-refractivity contribution in [3.8, 4) is 0 Å². The molecule has 0 aliphatic heterocycles. The molecule has 1 aromatic carbocycles. The highest BCUT2D eigenvalue weighted by Crippen LogP contribution is 2.27. The van der Waals surface area contributed by atoms with Gasteiger partial charge in [-0.3, -0.25) is 9.78 Å². The van der Waals surface area contributed by atoms with Crippen molar-refractivity contribution in [2.45, 2.75) is 5.03 Å². The number of hydrogen-bond acceptors (Lipinski definition) is 6. The van der Waals surface area contributed by atoms with Gasteiger partial charge in [0, 0.05) is 23.5 Å². The molecular formula is C15H12N4O2S. The number of nitrogens with one attached hydrogen (secondary N) is 1. The molecule has 0 radical (unpaired) electrons. The smallest absolute Gasteiger partial charge is 0.313 e. The van der Waals surface area contributed by atoms with Crippen LogP contribution >= 0.6 is 11.8 Å². The van der Waals surface area contributed by atoms with Crippen LogP contribution in [0.5, 0.6) is 0 Å². The van der Waals surface area contributed by atoms with E-state index in [9.17, 15) is 4.79 Å². The van der Waals surface area contributed by atoms with Gasteiger partial charge in [0.15, 0.2) is 0 Å². The molecule has 0 bridgehead atoms. The van der Waals surface area contributed by atoms with Crippen LogP contribution in [0.25, 0.3) is 10.9 Å². The van der Waals surface area contributed by atoms with E-state index in [1.165, 1.54) is 11.8 Å². The van der Waals surface area contributed by atoms with Crippen LogP contribution in [-0.4, -0.2) is 31.8 Å². The van der Waals surface area contributed by atoms with Crippen LogP contribution in [0.3, 0.4) is 0 Å². The Morgan fingerprint density at radius 1 is 1.14 bits per heavy atom. The minimum atomic E-state index is -0.878. The minimum absolute atomic E-state index is 0.0459. The summed E-state index contributed by atoms with van der Waals surface area (Å²) < 4.78 is 0. The van der Waals surface area contributed by atoms with Gasteiger partial charge in [0.25, 0.3) is 0 Å². The predicted molar refractivity (Wildman–Crippen MR) is 85.4 cm³/mol. The molecule has 110 valence electrons. The van der Waals surface area contributed by atoms with Crippen molar-refractivity contribution in [1.29, 1.82) is 0 Å². The van der Waals surface area contributed by atoms with Crippen molar-refractivity contribution in [2.75, 3.05) is 11.1 Å². The Morgan fingerprint density at radius 2 is 1.91 bits per heavy atom. The molecule has 0 saturated heterocycles. The Labute approximate surface area is 130 Å². The average molecular weight is 312 g/mol. The molecule has 0 aliphatic rings. The molecule has 3 rings (SSSR count). The number of fused-ring (bicyclic) bond motifs is 1. The summed E-state index contributed by atoms with van der Waals surface area (Å²) in [5.74, 6) is -0.496. The first kappa shape index (κ1) is 14.3. The lowest BCUT2D eigenvalue weighted by atomic mass is 10.2. The van der Waals surface area contributed by atoms with Crippen LogP contribution < -0.4 is 5.32 Å². The summed E-state index contributed by atoms with van der Waals surface area (Å²) in [7, 11) is 0. The van der Waals surface area contributed by atoms with Crippen molar-refractivity contribution in [1.82, 2.24) is 15.0 Å². The topological polar surface area (TPSA) is 88.0 Å². The number of para-hydroxylation sites is 1. The zero-order valence-electron chi connectivity index (χ0n) is 11.4. The zero-order chi connectivity index (χ0) is 15.4. The summed E-state index contributed by atoms with van der Waals surface area (Å²) in [4.78, 5) is 23.6. The number of benzene rings is 1. The second-order valence-corrected chi connectivity index (χ2v) is 5.38. The largest absolute Gasteiger partial charge is 0.481 e. The fourth-order valence-electron chi connectivity index (χ4n) is 1.91. The first-order chi connectivity index (χ1) is 10.7. The molecule has 3 aromatic rings. The van der Waals surface area contributed by atoms with Crippen LogP contribution in [0.1, 0.15) is 0 Å². The van der Waals surface area contributed by atoms with E-state index in [0.29, 0.717) is 11.0 Å². The van der Waals surface area contributed by atoms with Crippen molar-refractivity contribution in [2.24, 2.45) is 0 Å². The summed E-state index contributed by atoms with van der Waals surface area (Å²) in [6.45, 7) is 0. The zero-order valence-corrected chi connectivity index (χ0v) is 12.2. The molecule has 0 atom stereocenters. The monoisotopic (exact) mass is 312 g/mol. The van der Waals surface area contributed by atoms with E-state index in [0.717, 1.165) is 16.6 Å². The van der Waals surface area contributed by atoms with E-state index >= 15 is 0 Å². The Hall–Kier alpha value is -2.67. The van der Waals surface area contributed by atoms with Crippen LogP contribution in [0.4, 0.5) is 11.6 Å². The van der Waals surface area contributed by atoms with Gasteiger partial charge in [-0.05, 0) is 18.2 Å². The molecule has 2 heterocycles. The Kier molecular flexibility index (Phi) is 4.15. The number of carboxylic acids is 1. The molecule has 0 unspecified atom stereocenters. The molecule has 7 heteroatoms. The van der Waals surface area contributed by atoms with Gasteiger partial charge in [-0.2, -0.15) is 0 Å². The number of aromatic nitrogens is 3. The molecular weight excluding hydrogens is 300 g/mol. The van der Waals surface area contributed by atoms with Crippen molar-refractivity contribution in [3.63, 3.8) is 0 Å². The number of pyridine rings is 1. The molecule has 2 aromatic heterocycles. The first-order valence-electron chi connectivity index (χ1n) is 6.51. The van der Waals surface area contributed by atoms with E-state index in [1.54, 1.807) is 12.4 Å². The number of nitrogens with zero attached hydrogens (tertiary/aromatic N) is 3. The second-order valence-electron chi connectivity index (χ2n) is 4.41. The molecule has 22 heavy (non-hydrogen) atoms. The Morgan fingerprint density at radius 3 is 2.68 bits per heavy atom. The van der Waals surface area contributed by atoms with E-state index in [1.807, 2.05) is 36.4 Å². The highest BCUT2D eigenvalue weighted by molar-refractivity contribution is 8.00. The van der Waals surface area contributed by atoms with Crippen molar-refractivity contribution < 1.29 is 9.90 Å². The highest BCUT2D eigenvalue weighted by Gasteiger charge is 2.10. The van der Waals surface area contributed by atoms with Crippen molar-refractivity contribution in [3.05, 3.63) is 48.8 Å². The fraction of sp³-hybridized carbons (Fsp3) is 0.0667. The number of thioether (sulfide) groups is 1. The number of hydrogen-bond donors (Lipinski definition) is 2. The number of aliphatic carboxylic acids is 1. The van der Waals surface area contributed by atoms with Crippen LogP contribution in [-0.2, 0) is 4.79 Å². The second kappa shape index (κ2) is 6.40. The van der Waals surface area contributed by atoms with E-state index in [2.05, 4.69) is 20.3 Å². The molecule has 6 nitrogen and oxygen atoms in total. The number of anilines is 2. The number of rotatable bonds is 5. The third-order valence-corrected chi connectivity index (χ3v) is 3.81. The van der Waals surface area contributed by atoms with Gasteiger partial charge in [-0.15, -0.1) is 0 Å². The lowest BCUT2D eigenvalue weighted by Gasteiger charge is -2.09. The van der Waals surface area contributed by atoms with Gasteiger partial charge in [0.2, 0.25) is 5.95 Å². The summed E-state index contributed by atoms with van der Waals surface area (Å²) in [6, 6.07) is 11.1. The summed E-state index contributed by atoms with van der Waals surface area (Å²) in [5, 5.41) is 13.5. The van der Waals surface area contributed by atoms with Crippen molar-refractivity contribution >= 4 is 40.3 Å². The van der Waals surface area contributed by atoms with Gasteiger partial charge in [-0.25, -0.2) is 9.97 Å². The molecule has 0 fully saturated rings. The first-order valence-corrected chi connectivity index (χ1v) is 7.49. The van der Waals surface area contributed by atoms with Gasteiger partial charge >= 0.3 is 5.97 Å². The SMILES string of the molecule is O=C(O)CSc1nc(Nc2ccncc2)nc2ccccc12. The quantitative estimate of drug-likeness (QED) is 0.553. The van der Waals surface area contributed by atoms with Crippen LogP contribution in [0, 0.1) is 0 Å². The van der Waals surface area contributed by atoms with E-state index in [4.69, 9.17) is 5.11 Å². The molecule has 2 N–H and O–H groups in total. The van der Waals surface area contributed by atoms with Gasteiger partial charge < -0.3 is 10.4 Å². The fourth-order valence-corrected chi connectivity index (χ4v) is 2.65. The van der Waals surface area contributed by atoms with E-state index in [-0.39, 0.29) is 5.75 Å². The highest BCUT2D eigenvalue weighted by atomic mass is 32.2. The van der Waals surface area contributed by atoms with Gasteiger partial charge in [-0.1, -0.05) is 30.0 Å². The van der Waals surface area contributed by atoms with Gasteiger partial charge in [0.1, 0.15) is 5.03 Å². The third kappa shape index (κ3) is 3.32. The standard InChI is InChI=1S/C15H12N4O2S/c20-13(21)9-22-14-11-3-1-2-4-12(11)18-15(19-14)17-10-5-7-16-8-6-10/h1-8H,9H2,(H,20,21)(H,16,17,18,19). The minimum Gasteiger partial charge on any atom is -0.481 e. The lowest BCUT2D eigenvalue weighted by molar-refractivity contribution is -0.133. The number of carbonyl (C=O) groups is 1. The Balaban J connectivity index is 1.98. The maximum absolute atomic E-state index is 10.8. The average Bonchev–Trinajstić information content (AvgIpc) is 2.53. The number of carboxylic acid groups (broad SMARTS) is 1. The molecule has 0 spiro atoms. The predicted octanol–water partition coefficient (Wildman–Crippen LogP) is 2.95. The lowest BCUT2D eigenvalue weighted by Crippen LogP contribution is -2.02. The third-order valence-electron chi connectivity index (χ3n) is 2.84. The normalized spacial score (nSPS) is 10.5.